The predicted molar refractivity (Wildman–Crippen MR) is 69.7 cm³/mol. The Morgan fingerprint density at radius 2 is 2.19 bits per heavy atom. The van der Waals surface area contributed by atoms with E-state index in [1.54, 1.807) is 0 Å². The van der Waals surface area contributed by atoms with Crippen molar-refractivity contribution >= 4 is 21.6 Å². The monoisotopic (exact) mass is 287 g/mol. The number of ether oxygens (including phenoxy) is 1. The van der Waals surface area contributed by atoms with Crippen LogP contribution in [0.4, 0.5) is 5.69 Å². The second-order valence-corrected chi connectivity index (χ2v) is 4.84. The van der Waals surface area contributed by atoms with Crippen molar-refractivity contribution in [1.29, 1.82) is 0 Å². The number of aliphatic hydroxyl groups is 1. The fraction of sp³-hybridized carbons (Fsp3) is 0.500. The first-order chi connectivity index (χ1) is 7.58. The third-order valence-corrected chi connectivity index (χ3v) is 2.48. The van der Waals surface area contributed by atoms with Gasteiger partial charge in [-0.2, -0.15) is 0 Å². The maximum absolute atomic E-state index is 9.63. The van der Waals surface area contributed by atoms with E-state index in [4.69, 9.17) is 4.74 Å². The van der Waals surface area contributed by atoms with Crippen molar-refractivity contribution in [1.82, 2.24) is 0 Å². The van der Waals surface area contributed by atoms with Crippen molar-refractivity contribution in [3.63, 3.8) is 0 Å². The van der Waals surface area contributed by atoms with Crippen LogP contribution >= 0.6 is 15.9 Å². The van der Waals surface area contributed by atoms with E-state index >= 15 is 0 Å². The van der Waals surface area contributed by atoms with Gasteiger partial charge in [-0.25, -0.2) is 0 Å². The number of halogens is 1. The zero-order chi connectivity index (χ0) is 12.0. The number of rotatable bonds is 6. The lowest BCUT2D eigenvalue weighted by Crippen LogP contribution is -2.26. The SMILES string of the molecule is CC(C)OCC(O)CNc1cccc(Br)c1. The van der Waals surface area contributed by atoms with Gasteiger partial charge in [0.25, 0.3) is 0 Å². The van der Waals surface area contributed by atoms with E-state index < -0.39 is 6.10 Å². The molecule has 3 nitrogen and oxygen atoms in total. The minimum Gasteiger partial charge on any atom is -0.389 e. The quantitative estimate of drug-likeness (QED) is 0.845. The van der Waals surface area contributed by atoms with Crippen LogP contribution in [0.3, 0.4) is 0 Å². The molecule has 0 spiro atoms. The number of hydrogen-bond donors (Lipinski definition) is 2. The van der Waals surface area contributed by atoms with Gasteiger partial charge in [0, 0.05) is 16.7 Å². The summed E-state index contributed by atoms with van der Waals surface area (Å²) in [6.45, 7) is 4.75. The Morgan fingerprint density at radius 3 is 2.81 bits per heavy atom. The van der Waals surface area contributed by atoms with E-state index in [0.717, 1.165) is 10.2 Å². The van der Waals surface area contributed by atoms with Gasteiger partial charge in [0.15, 0.2) is 0 Å². The number of aliphatic hydroxyl groups excluding tert-OH is 1. The van der Waals surface area contributed by atoms with Gasteiger partial charge in [-0.3, -0.25) is 0 Å². The molecule has 0 saturated carbocycles. The summed E-state index contributed by atoms with van der Waals surface area (Å²) >= 11 is 3.39. The van der Waals surface area contributed by atoms with Crippen molar-refractivity contribution in [3.05, 3.63) is 28.7 Å². The van der Waals surface area contributed by atoms with Crippen LogP contribution in [0.5, 0.6) is 0 Å². The summed E-state index contributed by atoms with van der Waals surface area (Å²) < 4.78 is 6.34. The highest BCUT2D eigenvalue weighted by molar-refractivity contribution is 9.10. The highest BCUT2D eigenvalue weighted by Gasteiger charge is 2.05. The molecule has 1 aromatic rings. The molecule has 0 bridgehead atoms. The molecule has 0 amide bonds. The van der Waals surface area contributed by atoms with Gasteiger partial charge >= 0.3 is 0 Å². The number of anilines is 1. The van der Waals surface area contributed by atoms with Crippen molar-refractivity contribution < 1.29 is 9.84 Å². The Morgan fingerprint density at radius 1 is 1.44 bits per heavy atom. The van der Waals surface area contributed by atoms with E-state index in [-0.39, 0.29) is 6.10 Å². The van der Waals surface area contributed by atoms with Crippen LogP contribution in [0.1, 0.15) is 13.8 Å². The molecule has 4 heteroatoms. The van der Waals surface area contributed by atoms with Gasteiger partial charge < -0.3 is 15.2 Å². The second-order valence-electron chi connectivity index (χ2n) is 3.93. The zero-order valence-corrected chi connectivity index (χ0v) is 11.2. The Hall–Kier alpha value is -0.580. The van der Waals surface area contributed by atoms with Crippen LogP contribution in [0.15, 0.2) is 28.7 Å². The lowest BCUT2D eigenvalue weighted by atomic mass is 10.3. The molecule has 2 N–H and O–H groups in total. The molecule has 0 saturated heterocycles. The predicted octanol–water partition coefficient (Wildman–Crippen LogP) is 2.65. The molecule has 0 aliphatic heterocycles. The van der Waals surface area contributed by atoms with Gasteiger partial charge in [-0.1, -0.05) is 22.0 Å². The first-order valence-electron chi connectivity index (χ1n) is 5.37. The molecule has 1 atom stereocenters. The highest BCUT2D eigenvalue weighted by atomic mass is 79.9. The molecular weight excluding hydrogens is 270 g/mol. The average molecular weight is 288 g/mol. The van der Waals surface area contributed by atoms with E-state index in [9.17, 15) is 5.11 Å². The van der Waals surface area contributed by atoms with Crippen LogP contribution in [0, 0.1) is 0 Å². The van der Waals surface area contributed by atoms with E-state index in [0.29, 0.717) is 13.2 Å². The van der Waals surface area contributed by atoms with Gasteiger partial charge in [0.05, 0.1) is 18.8 Å². The lowest BCUT2D eigenvalue weighted by molar-refractivity contribution is 0.0112. The first-order valence-corrected chi connectivity index (χ1v) is 6.16. The molecule has 0 aliphatic rings. The minimum absolute atomic E-state index is 0.153. The van der Waals surface area contributed by atoms with Crippen LogP contribution < -0.4 is 5.32 Å². The topological polar surface area (TPSA) is 41.5 Å². The van der Waals surface area contributed by atoms with Crippen molar-refractivity contribution in [2.45, 2.75) is 26.1 Å². The fourth-order valence-corrected chi connectivity index (χ4v) is 1.60. The smallest absolute Gasteiger partial charge is 0.0945 e. The van der Waals surface area contributed by atoms with E-state index in [1.165, 1.54) is 0 Å². The lowest BCUT2D eigenvalue weighted by Gasteiger charge is -2.15. The minimum atomic E-state index is -0.485. The number of benzene rings is 1. The van der Waals surface area contributed by atoms with Crippen molar-refractivity contribution in [2.24, 2.45) is 0 Å². The molecule has 1 aromatic carbocycles. The normalized spacial score (nSPS) is 12.8. The summed E-state index contributed by atoms with van der Waals surface area (Å²) in [7, 11) is 0. The molecule has 16 heavy (non-hydrogen) atoms. The molecule has 0 heterocycles. The van der Waals surface area contributed by atoms with Crippen LogP contribution in [0.25, 0.3) is 0 Å². The summed E-state index contributed by atoms with van der Waals surface area (Å²) in [6, 6.07) is 7.84. The average Bonchev–Trinajstić information content (AvgIpc) is 2.23. The van der Waals surface area contributed by atoms with Crippen molar-refractivity contribution in [3.8, 4) is 0 Å². The number of hydrogen-bond acceptors (Lipinski definition) is 3. The molecule has 0 aliphatic carbocycles. The Kier molecular flexibility index (Phi) is 5.80. The van der Waals surface area contributed by atoms with Crippen LogP contribution in [0.2, 0.25) is 0 Å². The summed E-state index contributed by atoms with van der Waals surface area (Å²) in [5.41, 5.74) is 0.984. The standard InChI is InChI=1S/C12H18BrNO2/c1-9(2)16-8-12(15)7-14-11-5-3-4-10(13)6-11/h3-6,9,12,14-15H,7-8H2,1-2H3. The Bertz CT molecular complexity index is 318. The highest BCUT2D eigenvalue weighted by Crippen LogP contribution is 2.15. The number of nitrogens with one attached hydrogen (secondary N) is 1. The van der Waals surface area contributed by atoms with Crippen molar-refractivity contribution in [2.75, 3.05) is 18.5 Å². The fourth-order valence-electron chi connectivity index (χ4n) is 1.20. The molecule has 0 radical (unpaired) electrons. The maximum Gasteiger partial charge on any atom is 0.0945 e. The Labute approximate surface area is 105 Å². The summed E-state index contributed by atoms with van der Waals surface area (Å²) in [5, 5.41) is 12.8. The largest absolute Gasteiger partial charge is 0.389 e. The van der Waals surface area contributed by atoms with E-state index in [2.05, 4.69) is 21.2 Å². The molecule has 90 valence electrons. The first kappa shape index (κ1) is 13.5. The third kappa shape index (κ3) is 5.49. The summed E-state index contributed by atoms with van der Waals surface area (Å²) in [5.74, 6) is 0. The molecule has 1 unspecified atom stereocenters. The zero-order valence-electron chi connectivity index (χ0n) is 9.61. The third-order valence-electron chi connectivity index (χ3n) is 1.99. The van der Waals surface area contributed by atoms with Gasteiger partial charge in [-0.05, 0) is 32.0 Å². The van der Waals surface area contributed by atoms with Crippen LogP contribution in [-0.2, 0) is 4.74 Å². The molecule has 0 fully saturated rings. The van der Waals surface area contributed by atoms with E-state index in [1.807, 2.05) is 38.1 Å². The van der Waals surface area contributed by atoms with Crippen LogP contribution in [-0.4, -0.2) is 30.5 Å². The molecule has 1 rings (SSSR count). The Balaban J connectivity index is 2.28. The summed E-state index contributed by atoms with van der Waals surface area (Å²) in [4.78, 5) is 0. The van der Waals surface area contributed by atoms with Gasteiger partial charge in [0.1, 0.15) is 0 Å². The maximum atomic E-state index is 9.63. The molecular formula is C12H18BrNO2. The summed E-state index contributed by atoms with van der Waals surface area (Å²) in [6.07, 6.45) is -0.332. The molecule has 0 aromatic heterocycles. The second kappa shape index (κ2) is 6.89. The van der Waals surface area contributed by atoms with Gasteiger partial charge in [0.2, 0.25) is 0 Å². The van der Waals surface area contributed by atoms with Gasteiger partial charge in [-0.15, -0.1) is 0 Å².